The minimum atomic E-state index is 0. The lowest BCUT2D eigenvalue weighted by atomic mass is 10.1. The van der Waals surface area contributed by atoms with Crippen LogP contribution in [0.5, 0.6) is 0 Å². The van der Waals surface area contributed by atoms with E-state index in [1.54, 1.807) is 0 Å². The molecule has 0 aliphatic carbocycles. The number of amides is 1. The van der Waals surface area contributed by atoms with E-state index in [9.17, 15) is 4.79 Å². The molecule has 3 N–H and O–H groups in total. The Morgan fingerprint density at radius 3 is 2.48 bits per heavy atom. The van der Waals surface area contributed by atoms with E-state index >= 15 is 0 Å². The average molecular weight is 545 g/mol. The Kier molecular flexibility index (Phi) is 12.9. The minimum Gasteiger partial charge on any atom is -0.378 e. The summed E-state index contributed by atoms with van der Waals surface area (Å²) in [4.78, 5) is 21.1. The molecule has 176 valence electrons. The zero-order valence-electron chi connectivity index (χ0n) is 19.8. The number of benzene rings is 1. The van der Waals surface area contributed by atoms with E-state index in [1.165, 1.54) is 16.8 Å². The van der Waals surface area contributed by atoms with E-state index in [0.29, 0.717) is 19.1 Å². The minimum absolute atomic E-state index is 0. The van der Waals surface area contributed by atoms with Gasteiger partial charge in [-0.1, -0.05) is 13.0 Å². The quantitative estimate of drug-likeness (QED) is 0.254. The molecular weight excluding hydrogens is 503 g/mol. The Balaban J connectivity index is 0.00000480. The van der Waals surface area contributed by atoms with Gasteiger partial charge >= 0.3 is 0 Å². The summed E-state index contributed by atoms with van der Waals surface area (Å²) in [6, 6.07) is 6.90. The highest BCUT2D eigenvalue weighted by Gasteiger charge is 2.21. The second-order valence-corrected chi connectivity index (χ2v) is 8.25. The van der Waals surface area contributed by atoms with Crippen molar-refractivity contribution in [1.29, 1.82) is 0 Å². The normalized spacial score (nSPS) is 15.2. The summed E-state index contributed by atoms with van der Waals surface area (Å²) >= 11 is 0. The number of carbonyl (C=O) groups excluding carboxylic acids is 1. The summed E-state index contributed by atoms with van der Waals surface area (Å²) in [6.45, 7) is 10.9. The van der Waals surface area contributed by atoms with Crippen molar-refractivity contribution in [2.24, 2.45) is 4.99 Å². The molecule has 7 nitrogen and oxygen atoms in total. The van der Waals surface area contributed by atoms with Crippen LogP contribution in [0.15, 0.2) is 23.2 Å². The molecule has 0 radical (unpaired) electrons. The topological polar surface area (TPSA) is 72.0 Å². The summed E-state index contributed by atoms with van der Waals surface area (Å²) in [5, 5.41) is 9.91. The Bertz CT molecular complexity index is 701. The molecule has 8 heteroatoms. The first-order chi connectivity index (χ1) is 14.4. The summed E-state index contributed by atoms with van der Waals surface area (Å²) in [6.07, 6.45) is 3.01. The third kappa shape index (κ3) is 9.64. The van der Waals surface area contributed by atoms with Crippen LogP contribution in [-0.4, -0.2) is 69.6 Å². The van der Waals surface area contributed by atoms with Gasteiger partial charge in [-0.3, -0.25) is 9.69 Å². The van der Waals surface area contributed by atoms with Crippen LogP contribution in [-0.2, 0) is 11.3 Å². The van der Waals surface area contributed by atoms with E-state index in [1.807, 2.05) is 0 Å². The number of hydrogen-bond acceptors (Lipinski definition) is 4. The van der Waals surface area contributed by atoms with Gasteiger partial charge < -0.3 is 20.9 Å². The summed E-state index contributed by atoms with van der Waals surface area (Å²) in [5.74, 6) is 1.00. The Morgan fingerprint density at radius 1 is 1.19 bits per heavy atom. The third-order valence-electron chi connectivity index (χ3n) is 5.46. The van der Waals surface area contributed by atoms with Crippen molar-refractivity contribution < 1.29 is 4.79 Å². The molecule has 0 bridgehead atoms. The number of rotatable bonds is 9. The Labute approximate surface area is 205 Å². The third-order valence-corrected chi connectivity index (χ3v) is 5.46. The molecule has 1 saturated heterocycles. The number of nitrogens with one attached hydrogen (secondary N) is 3. The second-order valence-electron chi connectivity index (χ2n) is 8.25. The highest BCUT2D eigenvalue weighted by Crippen LogP contribution is 2.18. The van der Waals surface area contributed by atoms with Crippen molar-refractivity contribution in [2.45, 2.75) is 52.6 Å². The molecule has 1 aromatic carbocycles. The molecule has 0 atom stereocenters. The number of nitrogens with zero attached hydrogens (tertiary/aromatic N) is 3. The van der Waals surface area contributed by atoms with Crippen LogP contribution < -0.4 is 20.9 Å². The molecule has 2 rings (SSSR count). The molecule has 1 amide bonds. The van der Waals surface area contributed by atoms with Crippen LogP contribution in [0.2, 0.25) is 0 Å². The number of hydrogen-bond donors (Lipinski definition) is 3. The van der Waals surface area contributed by atoms with E-state index in [4.69, 9.17) is 4.99 Å². The SMILES string of the molecule is CCCNC(=O)CN1CCC(NC(=NCc2ccc(N(C)C)cc2C)NCC)CC1.I. The summed E-state index contributed by atoms with van der Waals surface area (Å²) < 4.78 is 0. The van der Waals surface area contributed by atoms with E-state index in [2.05, 4.69) is 78.8 Å². The van der Waals surface area contributed by atoms with Crippen LogP contribution in [0.1, 0.15) is 44.2 Å². The van der Waals surface area contributed by atoms with E-state index in [0.717, 1.165) is 51.4 Å². The van der Waals surface area contributed by atoms with Crippen molar-refractivity contribution >= 4 is 41.5 Å². The number of likely N-dealkylation sites (tertiary alicyclic amines) is 1. The molecule has 0 aromatic heterocycles. The molecule has 1 fully saturated rings. The van der Waals surface area contributed by atoms with Gasteiger partial charge in [0, 0.05) is 52.0 Å². The molecular formula is C23H41IN6O. The largest absolute Gasteiger partial charge is 0.378 e. The van der Waals surface area contributed by atoms with Crippen LogP contribution in [0.4, 0.5) is 5.69 Å². The first-order valence-electron chi connectivity index (χ1n) is 11.2. The molecule has 1 aromatic rings. The highest BCUT2D eigenvalue weighted by molar-refractivity contribution is 14.0. The van der Waals surface area contributed by atoms with Gasteiger partial charge in [0.25, 0.3) is 0 Å². The zero-order valence-corrected chi connectivity index (χ0v) is 22.2. The monoisotopic (exact) mass is 544 g/mol. The molecule has 0 unspecified atom stereocenters. The first-order valence-corrected chi connectivity index (χ1v) is 11.2. The van der Waals surface area contributed by atoms with Crippen LogP contribution in [0, 0.1) is 6.92 Å². The molecule has 31 heavy (non-hydrogen) atoms. The average Bonchev–Trinajstić information content (AvgIpc) is 2.72. The van der Waals surface area contributed by atoms with Gasteiger partial charge in [0.2, 0.25) is 5.91 Å². The van der Waals surface area contributed by atoms with Gasteiger partial charge in [-0.25, -0.2) is 4.99 Å². The predicted octanol–water partition coefficient (Wildman–Crippen LogP) is 2.72. The van der Waals surface area contributed by atoms with E-state index < -0.39 is 0 Å². The van der Waals surface area contributed by atoms with Crippen molar-refractivity contribution in [3.05, 3.63) is 29.3 Å². The van der Waals surface area contributed by atoms with Crippen molar-refractivity contribution in [3.8, 4) is 0 Å². The highest BCUT2D eigenvalue weighted by atomic mass is 127. The van der Waals surface area contributed by atoms with E-state index in [-0.39, 0.29) is 29.9 Å². The fourth-order valence-corrected chi connectivity index (χ4v) is 3.57. The van der Waals surface area contributed by atoms with Crippen LogP contribution in [0.25, 0.3) is 0 Å². The lowest BCUT2D eigenvalue weighted by Gasteiger charge is -2.32. The fraction of sp³-hybridized carbons (Fsp3) is 0.652. The van der Waals surface area contributed by atoms with Crippen molar-refractivity contribution in [1.82, 2.24) is 20.9 Å². The van der Waals surface area contributed by atoms with Gasteiger partial charge in [0.1, 0.15) is 0 Å². The van der Waals surface area contributed by atoms with Crippen molar-refractivity contribution in [2.75, 3.05) is 51.7 Å². The zero-order chi connectivity index (χ0) is 21.9. The maximum absolute atomic E-state index is 11.9. The van der Waals surface area contributed by atoms with Gasteiger partial charge in [-0.05, 0) is 56.4 Å². The summed E-state index contributed by atoms with van der Waals surface area (Å²) in [7, 11) is 4.12. The smallest absolute Gasteiger partial charge is 0.234 e. The predicted molar refractivity (Wildman–Crippen MR) is 142 cm³/mol. The number of halogens is 1. The number of piperidine rings is 1. The van der Waals surface area contributed by atoms with Gasteiger partial charge in [0.05, 0.1) is 13.1 Å². The number of aliphatic imine (C=N–C) groups is 1. The van der Waals surface area contributed by atoms with Crippen molar-refractivity contribution in [3.63, 3.8) is 0 Å². The lowest BCUT2D eigenvalue weighted by molar-refractivity contribution is -0.122. The summed E-state index contributed by atoms with van der Waals surface area (Å²) in [5.41, 5.74) is 3.71. The maximum Gasteiger partial charge on any atom is 0.234 e. The van der Waals surface area contributed by atoms with Crippen LogP contribution in [0.3, 0.4) is 0 Å². The van der Waals surface area contributed by atoms with Crippen LogP contribution >= 0.6 is 24.0 Å². The first kappa shape index (κ1) is 27.5. The molecule has 1 aliphatic rings. The van der Waals surface area contributed by atoms with Gasteiger partial charge in [0.15, 0.2) is 5.96 Å². The molecule has 1 aliphatic heterocycles. The Morgan fingerprint density at radius 2 is 1.90 bits per heavy atom. The number of carbonyl (C=O) groups is 1. The molecule has 0 saturated carbocycles. The fourth-order valence-electron chi connectivity index (χ4n) is 3.57. The maximum atomic E-state index is 11.9. The standard InChI is InChI=1S/C23H40N6O.HI/c1-6-12-25-22(30)17-29-13-10-20(11-14-29)27-23(24-7-2)26-16-19-8-9-21(28(4)5)15-18(19)3;/h8-9,15,20H,6-7,10-14,16-17H2,1-5H3,(H,25,30)(H2,24,26,27);1H. The second kappa shape index (κ2) is 14.5. The van der Waals surface area contributed by atoms with Gasteiger partial charge in [-0.2, -0.15) is 0 Å². The molecule has 0 spiro atoms. The van der Waals surface area contributed by atoms with Gasteiger partial charge in [-0.15, -0.1) is 24.0 Å². The molecule has 1 heterocycles. The number of aryl methyl sites for hydroxylation is 1. The lowest BCUT2D eigenvalue weighted by Crippen LogP contribution is -2.50. The number of anilines is 1. The Hall–Kier alpha value is -1.55. The number of guanidine groups is 1.